The highest BCUT2D eigenvalue weighted by molar-refractivity contribution is 4.95. The van der Waals surface area contributed by atoms with E-state index < -0.39 is 0 Å². The Morgan fingerprint density at radius 1 is 0.800 bits per heavy atom. The van der Waals surface area contributed by atoms with Crippen LogP contribution >= 0.6 is 0 Å². The van der Waals surface area contributed by atoms with Crippen molar-refractivity contribution >= 4 is 0 Å². The van der Waals surface area contributed by atoms with E-state index in [1.54, 1.807) is 6.08 Å². The molecule has 0 aromatic carbocycles. The van der Waals surface area contributed by atoms with Crippen LogP contribution < -0.4 is 0 Å². The van der Waals surface area contributed by atoms with Crippen molar-refractivity contribution in [3.05, 3.63) is 37.0 Å². The molecule has 0 amide bonds. The monoisotopic (exact) mass is 205 g/mol. The normalized spacial score (nSPS) is 11.5. The van der Waals surface area contributed by atoms with E-state index in [2.05, 4.69) is 25.2 Å². The maximum absolute atomic E-state index is 5.22. The third-order valence-electron chi connectivity index (χ3n) is 2.38. The first-order valence-electron chi connectivity index (χ1n) is 6.27. The van der Waals surface area contributed by atoms with Gasteiger partial charge in [0, 0.05) is 0 Å². The van der Waals surface area contributed by atoms with Crippen molar-refractivity contribution in [2.45, 2.75) is 58.3 Å². The summed E-state index contributed by atoms with van der Waals surface area (Å²) in [4.78, 5) is 0. The van der Waals surface area contributed by atoms with E-state index in [1.807, 2.05) is 6.08 Å². The molecule has 85 valence electrons. The minimum absolute atomic E-state index is 1.13. The van der Waals surface area contributed by atoms with E-state index in [0.29, 0.717) is 0 Å². The Balaban J connectivity index is 3.10. The molecular formula is C15H25. The van der Waals surface area contributed by atoms with Crippen molar-refractivity contribution in [2.24, 2.45) is 0 Å². The van der Waals surface area contributed by atoms with E-state index >= 15 is 0 Å². The van der Waals surface area contributed by atoms with Gasteiger partial charge in [0.25, 0.3) is 0 Å². The van der Waals surface area contributed by atoms with Gasteiger partial charge >= 0.3 is 0 Å². The quantitative estimate of drug-likeness (QED) is 0.260. The Morgan fingerprint density at radius 2 is 1.47 bits per heavy atom. The van der Waals surface area contributed by atoms with Gasteiger partial charge in [-0.1, -0.05) is 63.1 Å². The summed E-state index contributed by atoms with van der Waals surface area (Å²) in [6.45, 7) is 7.48. The molecule has 0 heterocycles. The molecule has 0 saturated carbocycles. The van der Waals surface area contributed by atoms with E-state index in [1.165, 1.54) is 44.9 Å². The van der Waals surface area contributed by atoms with Crippen molar-refractivity contribution in [3.63, 3.8) is 0 Å². The highest BCUT2D eigenvalue weighted by Gasteiger charge is 1.84. The molecule has 0 aliphatic rings. The molecule has 0 atom stereocenters. The minimum atomic E-state index is 1.13. The highest BCUT2D eigenvalue weighted by atomic mass is 13.9. The second kappa shape index (κ2) is 13.2. The number of unbranched alkanes of at least 4 members (excludes halogenated alkanes) is 6. The predicted molar refractivity (Wildman–Crippen MR) is 69.8 cm³/mol. The predicted octanol–water partition coefficient (Wildman–Crippen LogP) is 5.23. The summed E-state index contributed by atoms with van der Waals surface area (Å²) in [6, 6.07) is 0. The molecule has 0 unspecified atom stereocenters. The van der Waals surface area contributed by atoms with Gasteiger partial charge in [-0.3, -0.25) is 0 Å². The van der Waals surface area contributed by atoms with Crippen LogP contribution in [0.5, 0.6) is 0 Å². The minimum Gasteiger partial charge on any atom is -0.0885 e. The second-order valence-electron chi connectivity index (χ2n) is 3.87. The average Bonchev–Trinajstić information content (AvgIpc) is 2.26. The van der Waals surface area contributed by atoms with Crippen molar-refractivity contribution in [2.75, 3.05) is 0 Å². The fourth-order valence-corrected chi connectivity index (χ4v) is 1.45. The lowest BCUT2D eigenvalue weighted by Gasteiger charge is -1.94. The standard InChI is InChI=1S/C15H25/c1-3-5-7-9-11-13-15-14-12-10-8-6-4-2/h1,3,5,7,14-15H,4,6,8-13H2,2H3. The average molecular weight is 205 g/mol. The molecular weight excluding hydrogens is 180 g/mol. The van der Waals surface area contributed by atoms with E-state index in [9.17, 15) is 0 Å². The van der Waals surface area contributed by atoms with Crippen LogP contribution in [0.4, 0.5) is 0 Å². The van der Waals surface area contributed by atoms with Gasteiger partial charge < -0.3 is 0 Å². The van der Waals surface area contributed by atoms with Gasteiger partial charge in [-0.15, -0.1) is 0 Å². The van der Waals surface area contributed by atoms with Crippen LogP contribution in [-0.4, -0.2) is 0 Å². The summed E-state index contributed by atoms with van der Waals surface area (Å²) in [5.74, 6) is 0. The van der Waals surface area contributed by atoms with Crippen LogP contribution in [0.2, 0.25) is 0 Å². The molecule has 0 heteroatoms. The lowest BCUT2D eigenvalue weighted by molar-refractivity contribution is 0.673. The number of allylic oxidation sites excluding steroid dienone is 5. The van der Waals surface area contributed by atoms with Gasteiger partial charge in [-0.25, -0.2) is 0 Å². The second-order valence-corrected chi connectivity index (χ2v) is 3.87. The summed E-state index contributed by atoms with van der Waals surface area (Å²) in [5, 5.41) is 0. The lowest BCUT2D eigenvalue weighted by atomic mass is 10.1. The number of rotatable bonds is 10. The Hall–Kier alpha value is -0.780. The van der Waals surface area contributed by atoms with Crippen LogP contribution in [0.15, 0.2) is 30.4 Å². The fraction of sp³-hybridized carbons (Fsp3) is 0.600. The first-order chi connectivity index (χ1) is 7.41. The SMILES string of the molecule is [CH]=CC=CCCCC=CCCCCCC. The van der Waals surface area contributed by atoms with Gasteiger partial charge in [0.2, 0.25) is 0 Å². The van der Waals surface area contributed by atoms with Crippen molar-refractivity contribution in [3.8, 4) is 0 Å². The highest BCUT2D eigenvalue weighted by Crippen LogP contribution is 2.04. The van der Waals surface area contributed by atoms with E-state index in [0.717, 1.165) is 6.42 Å². The zero-order valence-electron chi connectivity index (χ0n) is 10.1. The van der Waals surface area contributed by atoms with Crippen LogP contribution in [0.1, 0.15) is 58.3 Å². The zero-order chi connectivity index (χ0) is 11.2. The Morgan fingerprint density at radius 3 is 2.13 bits per heavy atom. The van der Waals surface area contributed by atoms with Crippen LogP contribution in [0.3, 0.4) is 0 Å². The first-order valence-corrected chi connectivity index (χ1v) is 6.27. The van der Waals surface area contributed by atoms with Crippen molar-refractivity contribution < 1.29 is 0 Å². The molecule has 0 aliphatic heterocycles. The molecule has 0 N–H and O–H groups in total. The third-order valence-corrected chi connectivity index (χ3v) is 2.38. The van der Waals surface area contributed by atoms with Gasteiger partial charge in [0.05, 0.1) is 0 Å². The topological polar surface area (TPSA) is 0 Å². The Labute approximate surface area is 95.8 Å². The molecule has 0 spiro atoms. The number of hydrogen-bond acceptors (Lipinski definition) is 0. The number of hydrogen-bond donors (Lipinski definition) is 0. The van der Waals surface area contributed by atoms with E-state index in [-0.39, 0.29) is 0 Å². The molecule has 0 aromatic rings. The van der Waals surface area contributed by atoms with Crippen LogP contribution in [-0.2, 0) is 0 Å². The summed E-state index contributed by atoms with van der Waals surface area (Å²) >= 11 is 0. The Bertz CT molecular complexity index is 174. The third kappa shape index (κ3) is 13.2. The summed E-state index contributed by atoms with van der Waals surface area (Å²) in [5.41, 5.74) is 0. The van der Waals surface area contributed by atoms with Crippen LogP contribution in [0.25, 0.3) is 0 Å². The maximum Gasteiger partial charge on any atom is -0.0345 e. The first kappa shape index (κ1) is 14.2. The molecule has 0 nitrogen and oxygen atoms in total. The molecule has 0 saturated heterocycles. The largest absolute Gasteiger partial charge is 0.0885 e. The van der Waals surface area contributed by atoms with Gasteiger partial charge in [0.15, 0.2) is 0 Å². The molecule has 0 bridgehead atoms. The van der Waals surface area contributed by atoms with Gasteiger partial charge in [0.1, 0.15) is 0 Å². The molecule has 0 rings (SSSR count). The van der Waals surface area contributed by atoms with Gasteiger partial charge in [-0.05, 0) is 32.1 Å². The molecule has 1 radical (unpaired) electrons. The maximum atomic E-state index is 5.22. The Kier molecular flexibility index (Phi) is 12.5. The van der Waals surface area contributed by atoms with E-state index in [4.69, 9.17) is 6.58 Å². The molecule has 0 aliphatic carbocycles. The zero-order valence-corrected chi connectivity index (χ0v) is 10.1. The van der Waals surface area contributed by atoms with Crippen molar-refractivity contribution in [1.82, 2.24) is 0 Å². The summed E-state index contributed by atoms with van der Waals surface area (Å²) in [7, 11) is 0. The van der Waals surface area contributed by atoms with Gasteiger partial charge in [-0.2, -0.15) is 0 Å². The smallest absolute Gasteiger partial charge is 0.0345 e. The molecule has 15 heavy (non-hydrogen) atoms. The lowest BCUT2D eigenvalue weighted by Crippen LogP contribution is -1.74. The summed E-state index contributed by atoms with van der Waals surface area (Å²) in [6.07, 6.45) is 20.5. The van der Waals surface area contributed by atoms with Crippen LogP contribution in [0, 0.1) is 6.58 Å². The fourth-order valence-electron chi connectivity index (χ4n) is 1.45. The van der Waals surface area contributed by atoms with Crippen molar-refractivity contribution in [1.29, 1.82) is 0 Å². The molecule has 0 aromatic heterocycles. The summed E-state index contributed by atoms with van der Waals surface area (Å²) < 4.78 is 0. The molecule has 0 fully saturated rings.